The number of benzene rings is 2. The molecule has 288 valence electrons. The van der Waals surface area contributed by atoms with Crippen LogP contribution in [0, 0.1) is 17.8 Å². The van der Waals surface area contributed by atoms with Crippen molar-refractivity contribution < 1.29 is 38.6 Å². The highest BCUT2D eigenvalue weighted by Gasteiger charge is 2.35. The second-order valence-electron chi connectivity index (χ2n) is 14.4. The molecule has 3 saturated heterocycles. The lowest BCUT2D eigenvalue weighted by Crippen LogP contribution is -2.50. The van der Waals surface area contributed by atoms with Gasteiger partial charge in [0.05, 0.1) is 18.7 Å². The second kappa shape index (κ2) is 18.6. The normalized spacial score (nSPS) is 19.2. The van der Waals surface area contributed by atoms with E-state index in [9.17, 15) is 29.1 Å². The van der Waals surface area contributed by atoms with E-state index in [0.717, 1.165) is 69.3 Å². The number of esters is 1. The predicted octanol–water partition coefficient (Wildman–Crippen LogP) is 5.29. The Morgan fingerprint density at radius 3 is 2.04 bits per heavy atom. The van der Waals surface area contributed by atoms with Gasteiger partial charge in [0.15, 0.2) is 0 Å². The minimum absolute atomic E-state index is 0.0403. The molecular weight excluding hydrogens is 746 g/mol. The molecule has 0 aromatic heterocycles. The number of phenols is 1. The topological polar surface area (TPSA) is 149 Å². The molecule has 2 aromatic carbocycles. The van der Waals surface area contributed by atoms with Gasteiger partial charge < -0.3 is 39.5 Å². The van der Waals surface area contributed by atoms with E-state index in [1.54, 1.807) is 15.9 Å². The number of piperidine rings is 3. The number of ether oxygens (including phenoxy) is 2. The number of fused-ring (bicyclic) bond motifs is 1. The number of amides is 5. The van der Waals surface area contributed by atoms with Crippen molar-refractivity contribution >= 4 is 51.5 Å². The van der Waals surface area contributed by atoms with E-state index < -0.39 is 11.9 Å². The lowest BCUT2D eigenvalue weighted by Gasteiger charge is -2.40. The number of carbonyl (C=O) groups is 5. The number of nitrogens with zero attached hydrogens (tertiary/aromatic N) is 4. The highest BCUT2D eigenvalue weighted by Crippen LogP contribution is 2.33. The fourth-order valence-corrected chi connectivity index (χ4v) is 8.47. The summed E-state index contributed by atoms with van der Waals surface area (Å²) in [6.07, 6.45) is 6.55. The van der Waals surface area contributed by atoms with Gasteiger partial charge in [-0.25, -0.2) is 14.4 Å². The van der Waals surface area contributed by atoms with Crippen LogP contribution in [0.4, 0.5) is 15.3 Å². The van der Waals surface area contributed by atoms with E-state index in [-0.39, 0.29) is 35.7 Å². The molecule has 2 aromatic rings. The van der Waals surface area contributed by atoms with Crippen molar-refractivity contribution in [1.29, 1.82) is 0 Å². The summed E-state index contributed by atoms with van der Waals surface area (Å²) in [6.45, 7) is 6.67. The number of nitrogens with one attached hydrogen (secondary N) is 1. The minimum atomic E-state index is -0.793. The molecule has 0 bridgehead atoms. The third-order valence-electron chi connectivity index (χ3n) is 11.2. The van der Waals surface area contributed by atoms with Crippen LogP contribution < -0.4 is 5.32 Å². The maximum absolute atomic E-state index is 12.9. The zero-order chi connectivity index (χ0) is 38.1. The van der Waals surface area contributed by atoms with Crippen molar-refractivity contribution in [3.63, 3.8) is 0 Å². The fraction of sp³-hybridized carbons (Fsp3) is 0.564. The van der Waals surface area contributed by atoms with E-state index >= 15 is 0 Å². The zero-order valence-electron chi connectivity index (χ0n) is 30.9. The highest BCUT2D eigenvalue weighted by atomic mass is 79.9. The fourth-order valence-electron chi connectivity index (χ4n) is 8.04. The van der Waals surface area contributed by atoms with Crippen LogP contribution in [0.5, 0.6) is 5.75 Å². The number of aromatic hydroxyl groups is 1. The van der Waals surface area contributed by atoms with Crippen LogP contribution in [0.2, 0.25) is 0 Å². The number of carbonyl (C=O) groups excluding carboxylic acids is 5. The molecule has 0 aliphatic carbocycles. The number of rotatable bonds is 5. The van der Waals surface area contributed by atoms with Crippen LogP contribution in [0.1, 0.15) is 56.6 Å². The maximum atomic E-state index is 12.9. The number of para-hydroxylation sites is 1. The number of anilines is 1. The summed E-state index contributed by atoms with van der Waals surface area (Å²) < 4.78 is 9.92. The van der Waals surface area contributed by atoms with E-state index in [2.05, 4.69) is 32.0 Å². The molecule has 0 saturated carbocycles. The number of hydrogen-bond donors (Lipinski definition) is 2. The molecule has 0 radical (unpaired) electrons. The summed E-state index contributed by atoms with van der Waals surface area (Å²) in [5.41, 5.74) is 3.10. The van der Waals surface area contributed by atoms with E-state index in [4.69, 9.17) is 4.74 Å². The summed E-state index contributed by atoms with van der Waals surface area (Å²) in [6, 6.07) is 13.4. The number of halogens is 1. The summed E-state index contributed by atoms with van der Waals surface area (Å²) in [4.78, 5) is 67.5. The summed E-state index contributed by atoms with van der Waals surface area (Å²) >= 11 is 3.33. The van der Waals surface area contributed by atoms with Gasteiger partial charge in [0.25, 0.3) is 0 Å². The van der Waals surface area contributed by atoms with Crippen molar-refractivity contribution in [2.24, 2.45) is 17.8 Å². The van der Waals surface area contributed by atoms with Gasteiger partial charge in [0, 0.05) is 63.5 Å². The van der Waals surface area contributed by atoms with Crippen LogP contribution >= 0.6 is 15.9 Å². The van der Waals surface area contributed by atoms with Crippen molar-refractivity contribution in [2.75, 3.05) is 65.3 Å². The lowest BCUT2D eigenvalue weighted by atomic mass is 9.78. The summed E-state index contributed by atoms with van der Waals surface area (Å²) in [5.74, 6) is 0.0237. The lowest BCUT2D eigenvalue weighted by molar-refractivity contribution is -0.159. The standard InChI is InChI=1S/C23H31BrN2O5.C16H21N3O3/c1-15(13-16-3-4-20(27)19(24)14-16)21(28)25-9-5-17(6-10-25)18-7-11-26(12-8-18)22(29)23(30)31-2;1-22-16(21)18-9-7-13(8-10-18)19-11-6-12-4-2-3-5-14(12)17-15(19)20/h3-4,14-15,17-18,27H,5-13H2,1-2H3;2-5,13H,6-11H2,1H3,(H,17,20)/t15-;/m1./s1. The SMILES string of the molecule is COC(=O)C(=O)N1CCC(C2CCN(C(=O)[C@H](C)Cc3ccc(O)c(Br)c3)CC2)CC1.COC(=O)N1CCC(N2CCc3ccccc3NC2=O)CC1. The number of likely N-dealkylation sites (tertiary alicyclic amines) is 3. The molecule has 4 aliphatic rings. The quantitative estimate of drug-likeness (QED) is 0.307. The smallest absolute Gasteiger partial charge is 0.409 e. The van der Waals surface area contributed by atoms with Gasteiger partial charge in [0.1, 0.15) is 5.75 Å². The van der Waals surface area contributed by atoms with Gasteiger partial charge in [-0.1, -0.05) is 31.2 Å². The Bertz CT molecular complexity index is 1620. The summed E-state index contributed by atoms with van der Waals surface area (Å²) in [5, 5.41) is 12.6. The summed E-state index contributed by atoms with van der Waals surface area (Å²) in [7, 11) is 2.63. The number of phenolic OH excluding ortho intramolecular Hbond substituents is 1. The molecule has 0 unspecified atom stereocenters. The molecule has 13 nitrogen and oxygen atoms in total. The first-order chi connectivity index (χ1) is 25.5. The maximum Gasteiger partial charge on any atom is 0.409 e. The van der Waals surface area contributed by atoms with Crippen molar-refractivity contribution in [3.8, 4) is 5.75 Å². The molecule has 4 aliphatic heterocycles. The Hall–Kier alpha value is -4.33. The molecular formula is C39H52BrN5O8. The van der Waals surface area contributed by atoms with Gasteiger partial charge in [-0.15, -0.1) is 0 Å². The van der Waals surface area contributed by atoms with Crippen LogP contribution in [-0.2, 0) is 36.7 Å². The van der Waals surface area contributed by atoms with Gasteiger partial charge >= 0.3 is 24.0 Å². The average Bonchev–Trinajstić information content (AvgIpc) is 3.36. The Balaban J connectivity index is 0.000000216. The Morgan fingerprint density at radius 1 is 0.830 bits per heavy atom. The number of hydrogen-bond acceptors (Lipinski definition) is 8. The first-order valence-electron chi connectivity index (χ1n) is 18.6. The van der Waals surface area contributed by atoms with Gasteiger partial charge in [0.2, 0.25) is 5.91 Å². The van der Waals surface area contributed by atoms with E-state index in [0.29, 0.717) is 55.5 Å². The molecule has 3 fully saturated rings. The minimum Gasteiger partial charge on any atom is -0.507 e. The molecule has 5 amide bonds. The third kappa shape index (κ3) is 10.2. The molecule has 6 rings (SSSR count). The van der Waals surface area contributed by atoms with Gasteiger partial charge in [-0.05, 0) is 108 Å². The molecule has 53 heavy (non-hydrogen) atoms. The highest BCUT2D eigenvalue weighted by molar-refractivity contribution is 9.10. The number of urea groups is 1. The van der Waals surface area contributed by atoms with Crippen LogP contribution in [0.25, 0.3) is 0 Å². The van der Waals surface area contributed by atoms with Crippen molar-refractivity contribution in [2.45, 2.75) is 64.3 Å². The second-order valence-corrected chi connectivity index (χ2v) is 15.2. The Labute approximate surface area is 320 Å². The largest absolute Gasteiger partial charge is 0.507 e. The molecule has 1 atom stereocenters. The van der Waals surface area contributed by atoms with E-state index in [1.807, 2.05) is 47.1 Å². The first-order valence-corrected chi connectivity index (χ1v) is 19.4. The van der Waals surface area contributed by atoms with E-state index in [1.165, 1.54) is 19.8 Å². The predicted molar refractivity (Wildman–Crippen MR) is 202 cm³/mol. The van der Waals surface area contributed by atoms with Crippen LogP contribution in [0.15, 0.2) is 46.9 Å². The Morgan fingerprint density at radius 2 is 1.43 bits per heavy atom. The first kappa shape index (κ1) is 39.9. The monoisotopic (exact) mass is 797 g/mol. The third-order valence-corrected chi connectivity index (χ3v) is 11.8. The Kier molecular flexibility index (Phi) is 14.0. The zero-order valence-corrected chi connectivity index (χ0v) is 32.5. The van der Waals surface area contributed by atoms with Crippen LogP contribution in [-0.4, -0.2) is 121 Å². The van der Waals surface area contributed by atoms with Crippen molar-refractivity contribution in [3.05, 3.63) is 58.1 Å². The molecule has 2 N–H and O–H groups in total. The van der Waals surface area contributed by atoms with Crippen molar-refractivity contribution in [1.82, 2.24) is 19.6 Å². The average molecular weight is 799 g/mol. The molecule has 4 heterocycles. The number of methoxy groups -OCH3 is 2. The van der Waals surface area contributed by atoms with Crippen LogP contribution in [0.3, 0.4) is 0 Å². The molecule has 0 spiro atoms. The molecule has 14 heteroatoms. The van der Waals surface area contributed by atoms with Gasteiger partial charge in [-0.2, -0.15) is 0 Å². The van der Waals surface area contributed by atoms with Gasteiger partial charge in [-0.3, -0.25) is 9.59 Å².